The van der Waals surface area contributed by atoms with Gasteiger partial charge in [0.1, 0.15) is 0 Å². The van der Waals surface area contributed by atoms with Gasteiger partial charge in [0, 0.05) is 18.7 Å². The summed E-state index contributed by atoms with van der Waals surface area (Å²) >= 11 is 0. The van der Waals surface area contributed by atoms with Crippen LogP contribution in [0.5, 0.6) is 0 Å². The van der Waals surface area contributed by atoms with E-state index in [1.807, 2.05) is 12.2 Å². The molecule has 0 spiro atoms. The number of nitrogens with zero attached hydrogens (tertiary/aromatic N) is 1. The molecule has 0 aromatic heterocycles. The Morgan fingerprint density at radius 3 is 2.57 bits per heavy atom. The average Bonchev–Trinajstić information content (AvgIpc) is 2.21. The Morgan fingerprint density at radius 1 is 1.36 bits per heavy atom. The minimum atomic E-state index is 0.680. The number of rotatable bonds is 8. The summed E-state index contributed by atoms with van der Waals surface area (Å²) in [6.07, 6.45) is 7.35. The van der Waals surface area contributed by atoms with Gasteiger partial charge >= 0.3 is 0 Å². The van der Waals surface area contributed by atoms with Gasteiger partial charge in [-0.25, -0.2) is 0 Å². The molecule has 0 radical (unpaired) electrons. The van der Waals surface area contributed by atoms with Crippen molar-refractivity contribution >= 4 is 5.71 Å². The molecule has 1 N–H and O–H groups in total. The van der Waals surface area contributed by atoms with Crippen LogP contribution in [-0.2, 0) is 0 Å². The van der Waals surface area contributed by atoms with Crippen LogP contribution in [0.1, 0.15) is 26.7 Å². The molecule has 0 aromatic carbocycles. The van der Waals surface area contributed by atoms with Gasteiger partial charge in [-0.3, -0.25) is 0 Å². The van der Waals surface area contributed by atoms with E-state index in [9.17, 15) is 0 Å². The van der Waals surface area contributed by atoms with Crippen molar-refractivity contribution in [3.05, 3.63) is 24.8 Å². The predicted octanol–water partition coefficient (Wildman–Crippen LogP) is 2.87. The third-order valence-electron chi connectivity index (χ3n) is 2.12. The molecule has 0 saturated heterocycles. The predicted molar refractivity (Wildman–Crippen MR) is 64.1 cm³/mol. The van der Waals surface area contributed by atoms with E-state index in [1.165, 1.54) is 6.42 Å². The first-order chi connectivity index (χ1) is 6.74. The first-order valence-electron chi connectivity index (χ1n) is 5.33. The fourth-order valence-electron chi connectivity index (χ4n) is 1.29. The minimum absolute atomic E-state index is 0.680. The second kappa shape index (κ2) is 8.70. The van der Waals surface area contributed by atoms with Crippen LogP contribution in [0.4, 0.5) is 0 Å². The first-order valence-corrected chi connectivity index (χ1v) is 5.33. The van der Waals surface area contributed by atoms with Crippen molar-refractivity contribution in [2.45, 2.75) is 26.7 Å². The van der Waals surface area contributed by atoms with Crippen LogP contribution >= 0.6 is 0 Å². The normalized spacial score (nSPS) is 11.1. The maximum absolute atomic E-state index is 7.63. The molecular formula is C12H22N2. The fraction of sp³-hybridized carbons (Fsp3) is 0.583. The summed E-state index contributed by atoms with van der Waals surface area (Å²) in [4.78, 5) is 2.37. The highest BCUT2D eigenvalue weighted by Gasteiger charge is 2.00. The Balaban J connectivity index is 3.72. The zero-order chi connectivity index (χ0) is 10.8. The van der Waals surface area contributed by atoms with E-state index in [1.54, 1.807) is 6.08 Å². The summed E-state index contributed by atoms with van der Waals surface area (Å²) in [5.74, 6) is 0. The van der Waals surface area contributed by atoms with E-state index in [-0.39, 0.29) is 0 Å². The van der Waals surface area contributed by atoms with Gasteiger partial charge in [0.05, 0.1) is 0 Å². The molecule has 0 aliphatic carbocycles. The minimum Gasteiger partial charge on any atom is -0.305 e. The highest BCUT2D eigenvalue weighted by molar-refractivity contribution is 5.92. The molecule has 0 fully saturated rings. The molecule has 0 unspecified atom stereocenters. The van der Waals surface area contributed by atoms with E-state index < -0.39 is 0 Å². The molecular weight excluding hydrogens is 172 g/mol. The summed E-state index contributed by atoms with van der Waals surface area (Å²) in [5.41, 5.74) is 0.680. The SMILES string of the molecule is C=C/C=C\C(=N)CCN(CC)CCC. The van der Waals surface area contributed by atoms with Crippen molar-refractivity contribution in [1.82, 2.24) is 4.90 Å². The number of hydrogen-bond donors (Lipinski definition) is 1. The third kappa shape index (κ3) is 6.61. The Morgan fingerprint density at radius 2 is 2.07 bits per heavy atom. The molecule has 0 aliphatic rings. The van der Waals surface area contributed by atoms with Gasteiger partial charge in [0.15, 0.2) is 0 Å². The maximum atomic E-state index is 7.63. The second-order valence-corrected chi connectivity index (χ2v) is 3.30. The van der Waals surface area contributed by atoms with E-state index in [0.717, 1.165) is 26.1 Å². The Hall–Kier alpha value is -0.890. The summed E-state index contributed by atoms with van der Waals surface area (Å²) in [5, 5.41) is 7.63. The van der Waals surface area contributed by atoms with Crippen molar-refractivity contribution in [2.75, 3.05) is 19.6 Å². The molecule has 2 heteroatoms. The second-order valence-electron chi connectivity index (χ2n) is 3.30. The topological polar surface area (TPSA) is 27.1 Å². The Kier molecular flexibility index (Phi) is 8.14. The van der Waals surface area contributed by atoms with Crippen LogP contribution in [0.25, 0.3) is 0 Å². The maximum Gasteiger partial charge on any atom is 0.0326 e. The zero-order valence-corrected chi connectivity index (χ0v) is 9.42. The van der Waals surface area contributed by atoms with Crippen LogP contribution in [0.3, 0.4) is 0 Å². The van der Waals surface area contributed by atoms with Crippen molar-refractivity contribution < 1.29 is 0 Å². The molecule has 0 amide bonds. The highest BCUT2D eigenvalue weighted by Crippen LogP contribution is 1.95. The van der Waals surface area contributed by atoms with E-state index in [2.05, 4.69) is 25.3 Å². The average molecular weight is 194 g/mol. The molecule has 0 bridgehead atoms. The molecule has 0 aromatic rings. The molecule has 80 valence electrons. The van der Waals surface area contributed by atoms with E-state index in [0.29, 0.717) is 5.71 Å². The summed E-state index contributed by atoms with van der Waals surface area (Å²) in [7, 11) is 0. The molecule has 2 nitrogen and oxygen atoms in total. The molecule has 0 saturated carbocycles. The standard InChI is InChI=1S/C12H22N2/c1-4-7-8-12(13)9-11-14(6-3)10-5-2/h4,7-8,13H,1,5-6,9-11H2,2-3H3/b8-7-,13-12?. The van der Waals surface area contributed by atoms with Crippen molar-refractivity contribution in [1.29, 1.82) is 5.41 Å². The van der Waals surface area contributed by atoms with Gasteiger partial charge in [-0.15, -0.1) is 0 Å². The van der Waals surface area contributed by atoms with Crippen LogP contribution in [-0.4, -0.2) is 30.2 Å². The van der Waals surface area contributed by atoms with E-state index >= 15 is 0 Å². The summed E-state index contributed by atoms with van der Waals surface area (Å²) < 4.78 is 0. The van der Waals surface area contributed by atoms with Gasteiger partial charge in [-0.05, 0) is 25.6 Å². The van der Waals surface area contributed by atoms with Crippen molar-refractivity contribution in [2.24, 2.45) is 0 Å². The smallest absolute Gasteiger partial charge is 0.0326 e. The van der Waals surface area contributed by atoms with Crippen LogP contribution in [0.2, 0.25) is 0 Å². The lowest BCUT2D eigenvalue weighted by atomic mass is 10.2. The van der Waals surface area contributed by atoms with Crippen molar-refractivity contribution in [3.8, 4) is 0 Å². The largest absolute Gasteiger partial charge is 0.305 e. The molecule has 14 heavy (non-hydrogen) atoms. The van der Waals surface area contributed by atoms with Crippen LogP contribution in [0.15, 0.2) is 24.8 Å². The molecule has 0 aliphatic heterocycles. The molecule has 0 heterocycles. The van der Waals surface area contributed by atoms with Gasteiger partial charge in [0.25, 0.3) is 0 Å². The Bertz CT molecular complexity index is 194. The Labute approximate surface area is 87.8 Å². The first kappa shape index (κ1) is 13.1. The number of hydrogen-bond acceptors (Lipinski definition) is 2. The highest BCUT2D eigenvalue weighted by atomic mass is 15.1. The van der Waals surface area contributed by atoms with Gasteiger partial charge in [-0.1, -0.05) is 32.6 Å². The molecule has 0 rings (SSSR count). The molecule has 0 atom stereocenters. The van der Waals surface area contributed by atoms with Gasteiger partial charge in [-0.2, -0.15) is 0 Å². The lowest BCUT2D eigenvalue weighted by Gasteiger charge is -2.18. The summed E-state index contributed by atoms with van der Waals surface area (Å²) in [6.45, 7) is 11.1. The van der Waals surface area contributed by atoms with Crippen LogP contribution < -0.4 is 0 Å². The monoisotopic (exact) mass is 194 g/mol. The van der Waals surface area contributed by atoms with Gasteiger partial charge in [0.2, 0.25) is 0 Å². The van der Waals surface area contributed by atoms with Crippen molar-refractivity contribution in [3.63, 3.8) is 0 Å². The lowest BCUT2D eigenvalue weighted by Crippen LogP contribution is -2.26. The van der Waals surface area contributed by atoms with Gasteiger partial charge < -0.3 is 10.3 Å². The number of allylic oxidation sites excluding steroid dienone is 3. The van der Waals surface area contributed by atoms with Crippen LogP contribution in [0, 0.1) is 5.41 Å². The number of nitrogens with one attached hydrogen (secondary N) is 1. The fourth-order valence-corrected chi connectivity index (χ4v) is 1.29. The lowest BCUT2D eigenvalue weighted by molar-refractivity contribution is 0.297. The third-order valence-corrected chi connectivity index (χ3v) is 2.12. The quantitative estimate of drug-likeness (QED) is 0.467. The van der Waals surface area contributed by atoms with E-state index in [4.69, 9.17) is 5.41 Å². The summed E-state index contributed by atoms with van der Waals surface area (Å²) in [6, 6.07) is 0. The zero-order valence-electron chi connectivity index (χ0n) is 9.42.